The highest BCUT2D eigenvalue weighted by atomic mass is 79.9. The third-order valence-electron chi connectivity index (χ3n) is 18.6. The van der Waals surface area contributed by atoms with Crippen LogP contribution in [0.5, 0.6) is 0 Å². The molecule has 32 heteroatoms. The molecule has 10 aromatic heterocycles. The Balaban J connectivity index is 0.000000129. The van der Waals surface area contributed by atoms with Gasteiger partial charge in [-0.15, -0.1) is 0 Å². The van der Waals surface area contributed by atoms with Crippen LogP contribution in [0.1, 0.15) is 5.69 Å². The molecule has 0 fully saturated rings. The molecule has 0 spiro atoms. The van der Waals surface area contributed by atoms with Crippen LogP contribution in [0.2, 0.25) is 5.15 Å². The van der Waals surface area contributed by atoms with Crippen LogP contribution in [0.3, 0.4) is 0 Å². The molecule has 0 aliphatic carbocycles. The van der Waals surface area contributed by atoms with Crippen molar-refractivity contribution in [1.82, 2.24) is 79.7 Å². The molecule has 20 rings (SSSR count). The molecule has 10 aromatic carbocycles. The molecule has 0 amide bonds. The van der Waals surface area contributed by atoms with Crippen LogP contribution in [0.15, 0.2) is 374 Å². The summed E-state index contributed by atoms with van der Waals surface area (Å²) in [4.78, 5) is 68.1. The first kappa shape index (κ1) is 90.6. The number of aromatic nitrogens is 16. The first-order chi connectivity index (χ1) is 62.8. The van der Waals surface area contributed by atoms with Gasteiger partial charge in [0.1, 0.15) is 49.4 Å². The number of hydrogen-bond acceptors (Lipinski definition) is 27. The molecular formula is C97H76B2Br2ClN23O4. The Kier molecular flexibility index (Phi) is 31.5. The molecule has 0 unspecified atom stereocenters. The normalized spacial score (nSPS) is 10.3. The van der Waals surface area contributed by atoms with Gasteiger partial charge in [-0.3, -0.25) is 34.9 Å². The van der Waals surface area contributed by atoms with E-state index in [2.05, 4.69) is 124 Å². The number of hydrogen-bond donors (Lipinski definition) is 10. The summed E-state index contributed by atoms with van der Waals surface area (Å²) in [5.74, 6) is 2.13. The maximum absolute atomic E-state index is 9.28. The summed E-state index contributed by atoms with van der Waals surface area (Å²) in [6.45, 7) is 0. The Labute approximate surface area is 762 Å². The van der Waals surface area contributed by atoms with E-state index < -0.39 is 14.2 Å². The van der Waals surface area contributed by atoms with E-state index in [0.29, 0.717) is 65.8 Å². The monoisotopic (exact) mass is 1840 g/mol. The van der Waals surface area contributed by atoms with E-state index >= 15 is 0 Å². The third kappa shape index (κ3) is 25.1. The van der Waals surface area contributed by atoms with Crippen molar-refractivity contribution >= 4 is 147 Å². The smallest absolute Gasteiger partial charge is 0.423 e. The van der Waals surface area contributed by atoms with Gasteiger partial charge in [0.25, 0.3) is 0 Å². The fourth-order valence-electron chi connectivity index (χ4n) is 12.6. The summed E-state index contributed by atoms with van der Waals surface area (Å²) in [5, 5.41) is 48.6. The zero-order chi connectivity index (χ0) is 90.4. The minimum absolute atomic E-state index is 0.126. The van der Waals surface area contributed by atoms with E-state index in [-0.39, 0.29) is 11.5 Å². The molecule has 16 N–H and O–H groups in total. The van der Waals surface area contributed by atoms with Crippen LogP contribution in [0, 0.1) is 11.3 Å². The molecular weight excluding hydrogens is 1770 g/mol. The molecule has 0 radical (unpaired) electrons. The molecule has 0 saturated carbocycles. The zero-order valence-electron chi connectivity index (χ0n) is 68.3. The van der Waals surface area contributed by atoms with Gasteiger partial charge >= 0.3 is 14.2 Å². The van der Waals surface area contributed by atoms with Crippen molar-refractivity contribution < 1.29 is 20.1 Å². The fourth-order valence-corrected chi connectivity index (χ4v) is 13.4. The number of nitrogen functional groups attached to an aromatic ring is 6. The molecule has 0 saturated heterocycles. The Hall–Kier alpha value is -16.2. The van der Waals surface area contributed by atoms with Crippen LogP contribution in [-0.4, -0.2) is 114 Å². The average Bonchev–Trinajstić information content (AvgIpc) is 0.752. The predicted molar refractivity (Wildman–Crippen MR) is 521 cm³/mol. The maximum atomic E-state index is 9.28. The summed E-state index contributed by atoms with van der Waals surface area (Å²) in [7, 11) is -2.75. The van der Waals surface area contributed by atoms with Crippen LogP contribution in [0.4, 0.5) is 34.9 Å². The van der Waals surface area contributed by atoms with Gasteiger partial charge in [0.2, 0.25) is 0 Å². The highest BCUT2D eigenvalue weighted by Gasteiger charge is 2.20. The minimum atomic E-state index is -1.41. The van der Waals surface area contributed by atoms with E-state index in [1.54, 1.807) is 79.6 Å². The Bertz CT molecular complexity index is 7180. The highest BCUT2D eigenvalue weighted by Crippen LogP contribution is 2.37. The highest BCUT2D eigenvalue weighted by molar-refractivity contribution is 9.10. The van der Waals surface area contributed by atoms with Crippen molar-refractivity contribution in [2.24, 2.45) is 0 Å². The molecule has 630 valence electrons. The van der Waals surface area contributed by atoms with Crippen molar-refractivity contribution in [3.8, 4) is 96.1 Å². The lowest BCUT2D eigenvalue weighted by atomic mass is 9.80. The SMILES string of the molecule is N#Cc1nc(-c2ccc3ncccc3c2)c(-c2ccccc2)nc1N.Nc1cnc(-c2ccc3ncccc3c2)c(-c2ccccc2)n1.Nc1cnc(Br)c(-c2ccccc2)n1.Nc1cncc(-c2ccccc2)n1.Nc1cncc(Cl)n1.Nc1nc(-c2ccccc2)c(-c2ccc3ncccc3c2)nc1Br.OB(O)c1ccc2ncccc2c1.OB(O)c1ccccc1. The molecule has 27 nitrogen and oxygen atoms in total. The fraction of sp³-hybridized carbons (Fsp3) is 0. The number of rotatable bonds is 10. The molecule has 0 atom stereocenters. The van der Waals surface area contributed by atoms with Crippen LogP contribution in [0.25, 0.3) is 134 Å². The van der Waals surface area contributed by atoms with Gasteiger partial charge < -0.3 is 54.5 Å². The second-order valence-electron chi connectivity index (χ2n) is 27.6. The van der Waals surface area contributed by atoms with Gasteiger partial charge in [0, 0.05) is 85.5 Å². The molecule has 10 heterocycles. The molecule has 129 heavy (non-hydrogen) atoms. The second-order valence-corrected chi connectivity index (χ2v) is 29.5. The van der Waals surface area contributed by atoms with E-state index in [0.717, 1.165) is 122 Å². The van der Waals surface area contributed by atoms with Crippen molar-refractivity contribution in [1.29, 1.82) is 5.26 Å². The number of nitriles is 1. The van der Waals surface area contributed by atoms with Gasteiger partial charge in [0.15, 0.2) is 17.3 Å². The molecule has 0 aliphatic heterocycles. The standard InChI is InChI=1S/C20H13N5.C19H13BrN4.C19H14N4.C10H8BrN3.C10H9N3.C9H8BNO2.C6H7BO2.C4H4ClN3/c21-12-17-20(22)25-18(13-5-2-1-3-6-13)19(24-17)15-8-9-16-14(11-15)7-4-10-23-16;20-18-19(21)24-16(12-5-2-1-3-6-12)17(23-18)14-8-9-15-13(11-14)7-4-10-22-15;20-17-12-22-18(19(23-17)13-5-2-1-3-6-13)15-8-9-16-14(11-15)7-4-10-21-16;11-10-9(14-8(12)6-13-10)7-4-2-1-3-5-7;11-10-7-12-6-9(13-10)8-4-2-1-3-5-8;12-10(13)8-3-4-9-7(6-8)2-1-5-11-9;8-7(9)6-4-2-1-3-5-6;5-3-1-7-2-4(6)8-3/h1-11H,(H2,22,25);1-11H,(H2,21,24);1-12H,(H2,20,23);1-6H,(H2,12,14);1-7H,(H2,11,13);1-6,12-13H;1-5,8-9H;1-2H,(H2,6,8). The van der Waals surface area contributed by atoms with Gasteiger partial charge in [-0.05, 0) is 115 Å². The van der Waals surface area contributed by atoms with E-state index in [1.807, 2.05) is 255 Å². The number of halogens is 3. The number of nitrogens with zero attached hydrogens (tertiary/aromatic N) is 17. The lowest BCUT2D eigenvalue weighted by molar-refractivity contribution is 0.424. The summed E-state index contributed by atoms with van der Waals surface area (Å²) in [5.41, 5.74) is 52.5. The first-order valence-electron chi connectivity index (χ1n) is 39.4. The molecule has 0 bridgehead atoms. The topological polar surface area (TPSA) is 467 Å². The quantitative estimate of drug-likeness (QED) is 0.0568. The molecule has 20 aromatic rings. The van der Waals surface area contributed by atoms with Crippen molar-refractivity contribution in [3.05, 3.63) is 385 Å². The largest absolute Gasteiger partial charge is 0.488 e. The summed E-state index contributed by atoms with van der Waals surface area (Å²) >= 11 is 12.1. The van der Waals surface area contributed by atoms with Crippen LogP contribution >= 0.6 is 43.5 Å². The van der Waals surface area contributed by atoms with Gasteiger partial charge in [-0.25, -0.2) is 44.9 Å². The van der Waals surface area contributed by atoms with Crippen molar-refractivity contribution in [3.63, 3.8) is 0 Å². The van der Waals surface area contributed by atoms with Gasteiger partial charge in [-0.1, -0.05) is 248 Å². The zero-order valence-corrected chi connectivity index (χ0v) is 72.2. The van der Waals surface area contributed by atoms with Crippen LogP contribution < -0.4 is 45.3 Å². The number of nitrogens with two attached hydrogens (primary N) is 6. The van der Waals surface area contributed by atoms with Gasteiger partial charge in [-0.2, -0.15) is 5.26 Å². The van der Waals surface area contributed by atoms with E-state index in [9.17, 15) is 5.26 Å². The lowest BCUT2D eigenvalue weighted by Crippen LogP contribution is -2.29. The summed E-state index contributed by atoms with van der Waals surface area (Å²) in [6, 6.07) is 98.5. The molecule has 0 aliphatic rings. The predicted octanol–water partition coefficient (Wildman–Crippen LogP) is 16.7. The summed E-state index contributed by atoms with van der Waals surface area (Å²) in [6.07, 6.45) is 16.3. The number of anilines is 6. The van der Waals surface area contributed by atoms with Crippen molar-refractivity contribution in [2.45, 2.75) is 0 Å². The lowest BCUT2D eigenvalue weighted by Gasteiger charge is -2.11. The average molecular weight is 1840 g/mol. The Morgan fingerprint density at radius 2 is 0.636 bits per heavy atom. The third-order valence-corrected chi connectivity index (χ3v) is 20.0. The number of benzene rings is 10. The first-order valence-corrected chi connectivity index (χ1v) is 41.3. The van der Waals surface area contributed by atoms with Crippen molar-refractivity contribution in [2.75, 3.05) is 34.4 Å². The van der Waals surface area contributed by atoms with Gasteiger partial charge in [0.05, 0.1) is 99.1 Å². The summed E-state index contributed by atoms with van der Waals surface area (Å²) < 4.78 is 1.25. The Morgan fingerprint density at radius 3 is 1.05 bits per heavy atom. The minimum Gasteiger partial charge on any atom is -0.423 e. The maximum Gasteiger partial charge on any atom is 0.488 e. The number of pyridine rings is 4. The van der Waals surface area contributed by atoms with Crippen LogP contribution in [-0.2, 0) is 0 Å². The Morgan fingerprint density at radius 1 is 0.279 bits per heavy atom. The van der Waals surface area contributed by atoms with E-state index in [1.165, 1.54) is 24.8 Å². The van der Waals surface area contributed by atoms with E-state index in [4.69, 9.17) is 66.1 Å². The number of fused-ring (bicyclic) bond motifs is 4. The second kappa shape index (κ2) is 44.9.